The first-order valence-electron chi connectivity index (χ1n) is 8.19. The van der Waals surface area contributed by atoms with Gasteiger partial charge in [-0.05, 0) is 64.1 Å². The molecule has 0 radical (unpaired) electrons. The molecule has 106 valence electrons. The average Bonchev–Trinajstić information content (AvgIpc) is 2.41. The molecule has 1 saturated heterocycles. The van der Waals surface area contributed by atoms with Gasteiger partial charge in [0.15, 0.2) is 0 Å². The van der Waals surface area contributed by atoms with Crippen LogP contribution in [0.2, 0.25) is 0 Å². The number of hydrogen-bond acceptors (Lipinski definition) is 2. The van der Waals surface area contributed by atoms with Crippen LogP contribution in [-0.4, -0.2) is 36.6 Å². The van der Waals surface area contributed by atoms with Crippen molar-refractivity contribution in [2.75, 3.05) is 19.6 Å². The Morgan fingerprint density at radius 1 is 1.11 bits per heavy atom. The van der Waals surface area contributed by atoms with Crippen molar-refractivity contribution in [2.45, 2.75) is 71.4 Å². The Morgan fingerprint density at radius 2 is 1.78 bits per heavy atom. The number of piperidine rings is 1. The van der Waals surface area contributed by atoms with Crippen LogP contribution in [0.1, 0.15) is 59.3 Å². The SMILES string of the molecule is CCN1CCC(C(C)NC2CCCCC2C)CC1. The molecule has 2 aliphatic rings. The Kier molecular flexibility index (Phi) is 5.50. The van der Waals surface area contributed by atoms with E-state index in [1.54, 1.807) is 0 Å². The van der Waals surface area contributed by atoms with E-state index < -0.39 is 0 Å². The molecule has 3 unspecified atom stereocenters. The molecule has 18 heavy (non-hydrogen) atoms. The minimum absolute atomic E-state index is 0.717. The zero-order chi connectivity index (χ0) is 13.0. The van der Waals surface area contributed by atoms with Crippen LogP contribution >= 0.6 is 0 Å². The summed E-state index contributed by atoms with van der Waals surface area (Å²) in [6, 6.07) is 1.51. The topological polar surface area (TPSA) is 15.3 Å². The van der Waals surface area contributed by atoms with E-state index in [-0.39, 0.29) is 0 Å². The van der Waals surface area contributed by atoms with Crippen molar-refractivity contribution in [1.29, 1.82) is 0 Å². The van der Waals surface area contributed by atoms with E-state index in [0.29, 0.717) is 0 Å². The van der Waals surface area contributed by atoms with Gasteiger partial charge in [0.25, 0.3) is 0 Å². The number of nitrogens with zero attached hydrogens (tertiary/aromatic N) is 1. The summed E-state index contributed by atoms with van der Waals surface area (Å²) in [5.74, 6) is 1.79. The van der Waals surface area contributed by atoms with Gasteiger partial charge in [0, 0.05) is 12.1 Å². The second-order valence-corrected chi connectivity index (χ2v) is 6.60. The van der Waals surface area contributed by atoms with Crippen molar-refractivity contribution in [3.8, 4) is 0 Å². The van der Waals surface area contributed by atoms with Crippen LogP contribution in [0.4, 0.5) is 0 Å². The normalized spacial score (nSPS) is 33.5. The second kappa shape index (κ2) is 6.91. The highest BCUT2D eigenvalue weighted by atomic mass is 15.1. The number of rotatable bonds is 4. The van der Waals surface area contributed by atoms with Crippen LogP contribution in [0.5, 0.6) is 0 Å². The summed E-state index contributed by atoms with van der Waals surface area (Å²) in [7, 11) is 0. The van der Waals surface area contributed by atoms with E-state index >= 15 is 0 Å². The van der Waals surface area contributed by atoms with E-state index in [9.17, 15) is 0 Å². The van der Waals surface area contributed by atoms with Crippen molar-refractivity contribution in [1.82, 2.24) is 10.2 Å². The third kappa shape index (κ3) is 3.71. The largest absolute Gasteiger partial charge is 0.311 e. The van der Waals surface area contributed by atoms with Gasteiger partial charge in [0.1, 0.15) is 0 Å². The van der Waals surface area contributed by atoms with Crippen LogP contribution < -0.4 is 5.32 Å². The summed E-state index contributed by atoms with van der Waals surface area (Å²) in [4.78, 5) is 2.59. The average molecular weight is 252 g/mol. The first-order valence-corrected chi connectivity index (χ1v) is 8.19. The van der Waals surface area contributed by atoms with Crippen LogP contribution in [0.3, 0.4) is 0 Å². The molecule has 0 spiro atoms. The lowest BCUT2D eigenvalue weighted by Crippen LogP contribution is -2.48. The predicted octanol–water partition coefficient (Wildman–Crippen LogP) is 3.28. The van der Waals surface area contributed by atoms with Gasteiger partial charge in [-0.1, -0.05) is 26.7 Å². The number of likely N-dealkylation sites (tertiary alicyclic amines) is 1. The van der Waals surface area contributed by atoms with Crippen LogP contribution in [0.15, 0.2) is 0 Å². The van der Waals surface area contributed by atoms with Gasteiger partial charge in [-0.2, -0.15) is 0 Å². The maximum Gasteiger partial charge on any atom is 0.00952 e. The van der Waals surface area contributed by atoms with Gasteiger partial charge in [-0.3, -0.25) is 0 Å². The van der Waals surface area contributed by atoms with Crippen LogP contribution in [0.25, 0.3) is 0 Å². The quantitative estimate of drug-likeness (QED) is 0.826. The zero-order valence-electron chi connectivity index (χ0n) is 12.6. The molecule has 0 bridgehead atoms. The maximum atomic E-state index is 3.95. The summed E-state index contributed by atoms with van der Waals surface area (Å²) in [6.45, 7) is 11.0. The lowest BCUT2D eigenvalue weighted by Gasteiger charge is -2.38. The third-order valence-electron chi connectivity index (χ3n) is 5.38. The number of nitrogens with one attached hydrogen (secondary N) is 1. The van der Waals surface area contributed by atoms with Gasteiger partial charge < -0.3 is 10.2 Å². The Balaban J connectivity index is 1.75. The first kappa shape index (κ1) is 14.3. The summed E-state index contributed by atoms with van der Waals surface area (Å²) in [5, 5.41) is 3.95. The number of hydrogen-bond donors (Lipinski definition) is 1. The van der Waals surface area contributed by atoms with E-state index in [1.807, 2.05) is 0 Å². The fraction of sp³-hybridized carbons (Fsp3) is 1.00. The zero-order valence-corrected chi connectivity index (χ0v) is 12.6. The lowest BCUT2D eigenvalue weighted by atomic mass is 9.83. The molecule has 2 nitrogen and oxygen atoms in total. The molecule has 3 atom stereocenters. The van der Waals surface area contributed by atoms with Crippen molar-refractivity contribution in [2.24, 2.45) is 11.8 Å². The summed E-state index contributed by atoms with van der Waals surface area (Å²) in [5.41, 5.74) is 0. The van der Waals surface area contributed by atoms with Crippen molar-refractivity contribution < 1.29 is 0 Å². The molecule has 0 aromatic rings. The molecule has 1 aliphatic carbocycles. The monoisotopic (exact) mass is 252 g/mol. The third-order valence-corrected chi connectivity index (χ3v) is 5.38. The Hall–Kier alpha value is -0.0800. The molecular weight excluding hydrogens is 220 g/mol. The molecule has 1 saturated carbocycles. The molecule has 2 rings (SSSR count). The Labute approximate surface area is 114 Å². The molecule has 0 aromatic carbocycles. The van der Waals surface area contributed by atoms with Gasteiger partial charge >= 0.3 is 0 Å². The van der Waals surface area contributed by atoms with Gasteiger partial charge in [0.05, 0.1) is 0 Å². The summed E-state index contributed by atoms with van der Waals surface area (Å²) >= 11 is 0. The Bertz CT molecular complexity index is 233. The van der Waals surface area contributed by atoms with Crippen molar-refractivity contribution in [3.63, 3.8) is 0 Å². The van der Waals surface area contributed by atoms with Crippen LogP contribution in [0, 0.1) is 11.8 Å². The second-order valence-electron chi connectivity index (χ2n) is 6.60. The Morgan fingerprint density at radius 3 is 2.39 bits per heavy atom. The first-order chi connectivity index (χ1) is 8.70. The highest BCUT2D eigenvalue weighted by Gasteiger charge is 2.27. The molecule has 2 heteroatoms. The van der Waals surface area contributed by atoms with E-state index in [0.717, 1.165) is 23.9 Å². The summed E-state index contributed by atoms with van der Waals surface area (Å²) in [6.07, 6.45) is 8.50. The van der Waals surface area contributed by atoms with Crippen LogP contribution in [-0.2, 0) is 0 Å². The van der Waals surface area contributed by atoms with Crippen molar-refractivity contribution in [3.05, 3.63) is 0 Å². The van der Waals surface area contributed by atoms with Gasteiger partial charge in [0.2, 0.25) is 0 Å². The van der Waals surface area contributed by atoms with E-state index in [2.05, 4.69) is 31.0 Å². The molecule has 0 aromatic heterocycles. The smallest absolute Gasteiger partial charge is 0.00952 e. The predicted molar refractivity (Wildman–Crippen MR) is 78.9 cm³/mol. The van der Waals surface area contributed by atoms with Gasteiger partial charge in [-0.15, -0.1) is 0 Å². The molecular formula is C16H32N2. The van der Waals surface area contributed by atoms with Crippen molar-refractivity contribution >= 4 is 0 Å². The standard InChI is InChI=1S/C16H32N2/c1-4-18-11-9-15(10-12-18)14(3)17-16-8-6-5-7-13(16)2/h13-17H,4-12H2,1-3H3. The molecule has 1 heterocycles. The highest BCUT2D eigenvalue weighted by molar-refractivity contribution is 4.85. The van der Waals surface area contributed by atoms with E-state index in [1.165, 1.54) is 58.2 Å². The maximum absolute atomic E-state index is 3.95. The minimum Gasteiger partial charge on any atom is -0.311 e. The molecule has 2 fully saturated rings. The minimum atomic E-state index is 0.717. The lowest BCUT2D eigenvalue weighted by molar-refractivity contribution is 0.152. The summed E-state index contributed by atoms with van der Waals surface area (Å²) < 4.78 is 0. The molecule has 1 aliphatic heterocycles. The molecule has 1 N–H and O–H groups in total. The fourth-order valence-electron chi connectivity index (χ4n) is 3.81. The van der Waals surface area contributed by atoms with E-state index in [4.69, 9.17) is 0 Å². The highest BCUT2D eigenvalue weighted by Crippen LogP contribution is 2.26. The molecule has 0 amide bonds. The fourth-order valence-corrected chi connectivity index (χ4v) is 3.81. The van der Waals surface area contributed by atoms with Gasteiger partial charge in [-0.25, -0.2) is 0 Å².